The molecule has 1 aromatic heterocycles. The van der Waals surface area contributed by atoms with Gasteiger partial charge in [-0.1, -0.05) is 29.8 Å². The van der Waals surface area contributed by atoms with Crippen LogP contribution >= 0.6 is 11.6 Å². The Hall–Kier alpha value is -1.52. The molecular formula is C16H20ClN3O. The average Bonchev–Trinajstić information content (AvgIpc) is 2.89. The number of rotatable bonds is 6. The van der Waals surface area contributed by atoms with Crippen LogP contribution in [0.15, 0.2) is 36.7 Å². The van der Waals surface area contributed by atoms with Gasteiger partial charge in [-0.05, 0) is 30.4 Å². The second-order valence-corrected chi connectivity index (χ2v) is 5.92. The molecule has 21 heavy (non-hydrogen) atoms. The molecule has 1 heterocycles. The normalized spacial score (nSPS) is 21.0. The van der Waals surface area contributed by atoms with E-state index < -0.39 is 0 Å². The van der Waals surface area contributed by atoms with E-state index in [1.165, 1.54) is 5.56 Å². The molecule has 4 nitrogen and oxygen atoms in total. The summed E-state index contributed by atoms with van der Waals surface area (Å²) in [4.78, 5) is 0. The van der Waals surface area contributed by atoms with E-state index in [2.05, 4.69) is 22.5 Å². The summed E-state index contributed by atoms with van der Waals surface area (Å²) in [5.41, 5.74) is 2.35. The monoisotopic (exact) mass is 305 g/mol. The van der Waals surface area contributed by atoms with Crippen molar-refractivity contribution in [2.75, 3.05) is 19.0 Å². The van der Waals surface area contributed by atoms with Crippen molar-refractivity contribution in [2.24, 2.45) is 0 Å². The third-order valence-electron chi connectivity index (χ3n) is 4.01. The van der Waals surface area contributed by atoms with E-state index in [1.54, 1.807) is 7.11 Å². The number of aromatic nitrogens is 2. The van der Waals surface area contributed by atoms with Crippen molar-refractivity contribution in [2.45, 2.75) is 31.3 Å². The Balaban J connectivity index is 1.51. The number of benzene rings is 1. The molecule has 0 saturated heterocycles. The van der Waals surface area contributed by atoms with Crippen LogP contribution in [0.2, 0.25) is 5.02 Å². The average molecular weight is 306 g/mol. The van der Waals surface area contributed by atoms with Gasteiger partial charge in [-0.25, -0.2) is 0 Å². The minimum absolute atomic E-state index is 0.506. The SMILES string of the molecule is COCCn1cc(NC2CC(c3ccccc3Cl)C2)cn1. The number of nitrogens with one attached hydrogen (secondary N) is 1. The van der Waals surface area contributed by atoms with Gasteiger partial charge < -0.3 is 10.1 Å². The quantitative estimate of drug-likeness (QED) is 0.887. The molecule has 0 bridgehead atoms. The van der Waals surface area contributed by atoms with Gasteiger partial charge in [0.15, 0.2) is 0 Å². The van der Waals surface area contributed by atoms with Crippen LogP contribution < -0.4 is 5.32 Å². The van der Waals surface area contributed by atoms with Crippen molar-refractivity contribution >= 4 is 17.3 Å². The maximum absolute atomic E-state index is 6.25. The molecule has 1 fully saturated rings. The van der Waals surface area contributed by atoms with Gasteiger partial charge >= 0.3 is 0 Å². The molecular weight excluding hydrogens is 286 g/mol. The van der Waals surface area contributed by atoms with Crippen molar-refractivity contribution in [3.63, 3.8) is 0 Å². The Bertz CT molecular complexity index is 593. The number of methoxy groups -OCH3 is 1. The first-order chi connectivity index (χ1) is 10.3. The second-order valence-electron chi connectivity index (χ2n) is 5.52. The van der Waals surface area contributed by atoms with Crippen molar-refractivity contribution in [1.82, 2.24) is 9.78 Å². The van der Waals surface area contributed by atoms with Gasteiger partial charge in [-0.2, -0.15) is 5.10 Å². The fraction of sp³-hybridized carbons (Fsp3) is 0.438. The summed E-state index contributed by atoms with van der Waals surface area (Å²) in [6.07, 6.45) is 6.14. The van der Waals surface area contributed by atoms with Crippen LogP contribution in [-0.2, 0) is 11.3 Å². The maximum Gasteiger partial charge on any atom is 0.0728 e. The number of hydrogen-bond donors (Lipinski definition) is 1. The Kier molecular flexibility index (Phi) is 4.46. The van der Waals surface area contributed by atoms with Gasteiger partial charge in [-0.15, -0.1) is 0 Å². The lowest BCUT2D eigenvalue weighted by atomic mass is 9.76. The number of ether oxygens (including phenoxy) is 1. The summed E-state index contributed by atoms with van der Waals surface area (Å²) in [6, 6.07) is 8.64. The second kappa shape index (κ2) is 6.50. The van der Waals surface area contributed by atoms with E-state index in [0.717, 1.165) is 30.1 Å². The van der Waals surface area contributed by atoms with E-state index >= 15 is 0 Å². The van der Waals surface area contributed by atoms with Crippen LogP contribution in [0.3, 0.4) is 0 Å². The molecule has 0 radical (unpaired) electrons. The molecule has 0 aliphatic heterocycles. The number of nitrogens with zero attached hydrogens (tertiary/aromatic N) is 2. The highest BCUT2D eigenvalue weighted by Crippen LogP contribution is 2.41. The molecule has 0 spiro atoms. The predicted octanol–water partition coefficient (Wildman–Crippen LogP) is 3.54. The summed E-state index contributed by atoms with van der Waals surface area (Å²) < 4.78 is 6.95. The van der Waals surface area contributed by atoms with E-state index in [9.17, 15) is 0 Å². The van der Waals surface area contributed by atoms with Crippen LogP contribution in [0.25, 0.3) is 0 Å². The summed E-state index contributed by atoms with van der Waals surface area (Å²) in [5, 5.41) is 8.72. The molecule has 112 valence electrons. The van der Waals surface area contributed by atoms with Crippen molar-refractivity contribution < 1.29 is 4.74 Å². The topological polar surface area (TPSA) is 39.1 Å². The Morgan fingerprint density at radius 3 is 2.95 bits per heavy atom. The lowest BCUT2D eigenvalue weighted by Crippen LogP contribution is -2.34. The first-order valence-electron chi connectivity index (χ1n) is 7.28. The van der Waals surface area contributed by atoms with Gasteiger partial charge in [0.05, 0.1) is 25.0 Å². The highest BCUT2D eigenvalue weighted by molar-refractivity contribution is 6.31. The lowest BCUT2D eigenvalue weighted by Gasteiger charge is -2.36. The van der Waals surface area contributed by atoms with Crippen molar-refractivity contribution in [3.05, 3.63) is 47.2 Å². The Labute approximate surface area is 130 Å². The summed E-state index contributed by atoms with van der Waals surface area (Å²) in [7, 11) is 1.70. The van der Waals surface area contributed by atoms with E-state index in [4.69, 9.17) is 16.3 Å². The van der Waals surface area contributed by atoms with Gasteiger partial charge in [0.1, 0.15) is 0 Å². The molecule has 0 amide bonds. The summed E-state index contributed by atoms with van der Waals surface area (Å²) >= 11 is 6.25. The van der Waals surface area contributed by atoms with Gasteiger partial charge in [0, 0.05) is 24.4 Å². The Morgan fingerprint density at radius 1 is 1.38 bits per heavy atom. The van der Waals surface area contributed by atoms with Crippen LogP contribution in [-0.4, -0.2) is 29.5 Å². The lowest BCUT2D eigenvalue weighted by molar-refractivity contribution is 0.183. The molecule has 0 atom stereocenters. The van der Waals surface area contributed by atoms with E-state index in [-0.39, 0.29) is 0 Å². The van der Waals surface area contributed by atoms with E-state index in [0.29, 0.717) is 18.6 Å². The summed E-state index contributed by atoms with van der Waals surface area (Å²) in [5.74, 6) is 0.569. The van der Waals surface area contributed by atoms with E-state index in [1.807, 2.05) is 29.2 Å². The highest BCUT2D eigenvalue weighted by Gasteiger charge is 2.31. The van der Waals surface area contributed by atoms with Gasteiger partial charge in [-0.3, -0.25) is 4.68 Å². The molecule has 1 aliphatic carbocycles. The first kappa shape index (κ1) is 14.4. The highest BCUT2D eigenvalue weighted by atomic mass is 35.5. The molecule has 1 aliphatic rings. The van der Waals surface area contributed by atoms with Crippen molar-refractivity contribution in [1.29, 1.82) is 0 Å². The molecule has 1 N–H and O–H groups in total. The fourth-order valence-corrected chi connectivity index (χ4v) is 3.07. The number of anilines is 1. The molecule has 5 heteroatoms. The fourth-order valence-electron chi connectivity index (χ4n) is 2.78. The third kappa shape index (κ3) is 3.39. The predicted molar refractivity (Wildman–Crippen MR) is 84.9 cm³/mol. The molecule has 1 saturated carbocycles. The van der Waals surface area contributed by atoms with Crippen LogP contribution in [0, 0.1) is 0 Å². The van der Waals surface area contributed by atoms with Crippen molar-refractivity contribution in [3.8, 4) is 0 Å². The largest absolute Gasteiger partial charge is 0.383 e. The molecule has 0 unspecified atom stereocenters. The molecule has 1 aromatic carbocycles. The Morgan fingerprint density at radius 2 is 2.19 bits per heavy atom. The van der Waals surface area contributed by atoms with Gasteiger partial charge in [0.2, 0.25) is 0 Å². The molecule has 3 rings (SSSR count). The van der Waals surface area contributed by atoms with Crippen LogP contribution in [0.5, 0.6) is 0 Å². The third-order valence-corrected chi connectivity index (χ3v) is 4.36. The standard InChI is InChI=1S/C16H20ClN3O/c1-21-7-6-20-11-14(10-18-20)19-13-8-12(9-13)15-4-2-3-5-16(15)17/h2-5,10-13,19H,6-9H2,1H3. The minimum Gasteiger partial charge on any atom is -0.383 e. The first-order valence-corrected chi connectivity index (χ1v) is 7.66. The molecule has 2 aromatic rings. The summed E-state index contributed by atoms with van der Waals surface area (Å²) in [6.45, 7) is 1.46. The van der Waals surface area contributed by atoms with Crippen LogP contribution in [0.1, 0.15) is 24.3 Å². The number of halogens is 1. The maximum atomic E-state index is 6.25. The van der Waals surface area contributed by atoms with Crippen LogP contribution in [0.4, 0.5) is 5.69 Å². The number of hydrogen-bond acceptors (Lipinski definition) is 3. The minimum atomic E-state index is 0.506. The smallest absolute Gasteiger partial charge is 0.0728 e. The zero-order valence-corrected chi connectivity index (χ0v) is 12.9. The zero-order chi connectivity index (χ0) is 14.7. The van der Waals surface area contributed by atoms with Gasteiger partial charge in [0.25, 0.3) is 0 Å². The zero-order valence-electron chi connectivity index (χ0n) is 12.1.